The summed E-state index contributed by atoms with van der Waals surface area (Å²) in [5.41, 5.74) is 3.47. The predicted octanol–water partition coefficient (Wildman–Crippen LogP) is 4.97. The second-order valence-electron chi connectivity index (χ2n) is 8.94. The number of fused-ring (bicyclic) bond motifs is 1. The average molecular weight is 459 g/mol. The van der Waals surface area contributed by atoms with Crippen molar-refractivity contribution in [2.75, 3.05) is 31.1 Å². The maximum Gasteiger partial charge on any atom is 0.179 e. The number of likely N-dealkylation sites (tertiary alicyclic amines) is 1. The van der Waals surface area contributed by atoms with Crippen LogP contribution in [-0.2, 0) is 0 Å². The highest BCUT2D eigenvalue weighted by molar-refractivity contribution is 6.35. The molecule has 0 aliphatic carbocycles. The van der Waals surface area contributed by atoms with Gasteiger partial charge in [0.05, 0.1) is 17.9 Å². The number of hydrogen-bond donors (Lipinski definition) is 0. The number of aromatic nitrogens is 4. The van der Waals surface area contributed by atoms with Gasteiger partial charge in [0.2, 0.25) is 0 Å². The molecule has 4 heterocycles. The maximum absolute atomic E-state index is 6.48. The highest BCUT2D eigenvalue weighted by Crippen LogP contribution is 2.32. The first-order chi connectivity index (χ1) is 14.9. The normalized spacial score (nSPS) is 23.2. The number of benzene rings is 1. The zero-order valence-corrected chi connectivity index (χ0v) is 19.7. The molecule has 2 fully saturated rings. The van der Waals surface area contributed by atoms with Gasteiger partial charge in [0.15, 0.2) is 5.65 Å². The molecule has 6 nitrogen and oxygen atoms in total. The largest absolute Gasteiger partial charge is 0.355 e. The van der Waals surface area contributed by atoms with Crippen LogP contribution in [0.3, 0.4) is 0 Å². The van der Waals surface area contributed by atoms with Crippen LogP contribution in [0.5, 0.6) is 0 Å². The van der Waals surface area contributed by atoms with Crippen molar-refractivity contribution in [3.63, 3.8) is 0 Å². The van der Waals surface area contributed by atoms with E-state index in [1.165, 1.54) is 25.9 Å². The number of piperidine rings is 1. The first-order valence-electron chi connectivity index (χ1n) is 11.1. The molecule has 3 atom stereocenters. The molecular formula is C23H28Cl2N6. The number of rotatable bonds is 4. The predicted molar refractivity (Wildman–Crippen MR) is 126 cm³/mol. The van der Waals surface area contributed by atoms with E-state index in [1.807, 2.05) is 29.9 Å². The standard InChI is InChI=1S/C23H28Cl2N6/c1-14-13-30(10-7-20(14)29-8-4-9-29)21-12-26-22-15(2)28-31(23(22)27-21)16(3)18-6-5-17(24)11-19(18)25/h5-6,11-12,14,16,20H,4,7-10,13H2,1-3H3/t14-,16-,20+/m1/s1. The van der Waals surface area contributed by atoms with Crippen molar-refractivity contribution in [2.45, 2.75) is 45.7 Å². The van der Waals surface area contributed by atoms with Gasteiger partial charge in [-0.3, -0.25) is 4.90 Å². The highest BCUT2D eigenvalue weighted by Gasteiger charge is 2.33. The SMILES string of the molecule is Cc1nn([C@H](C)c2ccc(Cl)cc2Cl)c2nc(N3CC[C@H](N4CCC4)[C@H](C)C3)cnc12. The minimum atomic E-state index is -0.0819. The van der Waals surface area contributed by atoms with Crippen LogP contribution in [0, 0.1) is 12.8 Å². The summed E-state index contributed by atoms with van der Waals surface area (Å²) < 4.78 is 1.94. The van der Waals surface area contributed by atoms with Gasteiger partial charge in [0.1, 0.15) is 11.3 Å². The van der Waals surface area contributed by atoms with Gasteiger partial charge in [-0.1, -0.05) is 36.2 Å². The second-order valence-corrected chi connectivity index (χ2v) is 9.78. The van der Waals surface area contributed by atoms with E-state index in [9.17, 15) is 0 Å². The lowest BCUT2D eigenvalue weighted by atomic mass is 9.90. The van der Waals surface area contributed by atoms with E-state index in [-0.39, 0.29) is 6.04 Å². The Bertz CT molecular complexity index is 1110. The van der Waals surface area contributed by atoms with Crippen LogP contribution in [0.1, 0.15) is 44.0 Å². The molecule has 3 aromatic rings. The first kappa shape index (κ1) is 21.0. The van der Waals surface area contributed by atoms with Crippen molar-refractivity contribution in [2.24, 2.45) is 5.92 Å². The summed E-state index contributed by atoms with van der Waals surface area (Å²) in [4.78, 5) is 14.8. The van der Waals surface area contributed by atoms with Gasteiger partial charge in [-0.15, -0.1) is 0 Å². The van der Waals surface area contributed by atoms with Crippen LogP contribution < -0.4 is 4.90 Å². The molecule has 8 heteroatoms. The van der Waals surface area contributed by atoms with Gasteiger partial charge < -0.3 is 4.90 Å². The van der Waals surface area contributed by atoms with Gasteiger partial charge in [-0.05, 0) is 63.4 Å². The number of nitrogens with zero attached hydrogens (tertiary/aromatic N) is 6. The first-order valence-corrected chi connectivity index (χ1v) is 11.8. The highest BCUT2D eigenvalue weighted by atomic mass is 35.5. The van der Waals surface area contributed by atoms with Crippen molar-refractivity contribution in [1.82, 2.24) is 24.6 Å². The zero-order chi connectivity index (χ0) is 21.7. The molecule has 0 spiro atoms. The minimum Gasteiger partial charge on any atom is -0.355 e. The van der Waals surface area contributed by atoms with Crippen LogP contribution in [0.25, 0.3) is 11.2 Å². The van der Waals surface area contributed by atoms with Crippen LogP contribution in [0.2, 0.25) is 10.0 Å². The Balaban J connectivity index is 1.45. The molecule has 2 saturated heterocycles. The molecule has 2 aliphatic heterocycles. The smallest absolute Gasteiger partial charge is 0.179 e. The number of hydrogen-bond acceptors (Lipinski definition) is 5. The van der Waals surface area contributed by atoms with Crippen LogP contribution in [-0.4, -0.2) is 56.9 Å². The van der Waals surface area contributed by atoms with Crippen molar-refractivity contribution in [3.05, 3.63) is 45.7 Å². The number of aryl methyl sites for hydroxylation is 1. The molecule has 31 heavy (non-hydrogen) atoms. The van der Waals surface area contributed by atoms with Crippen molar-refractivity contribution in [1.29, 1.82) is 0 Å². The zero-order valence-electron chi connectivity index (χ0n) is 18.2. The van der Waals surface area contributed by atoms with Crippen molar-refractivity contribution < 1.29 is 0 Å². The van der Waals surface area contributed by atoms with E-state index in [1.54, 1.807) is 6.07 Å². The van der Waals surface area contributed by atoms with E-state index >= 15 is 0 Å². The Hall–Kier alpha value is -1.89. The third-order valence-electron chi connectivity index (χ3n) is 6.88. The summed E-state index contributed by atoms with van der Waals surface area (Å²) in [6.45, 7) is 10.9. The Morgan fingerprint density at radius 2 is 1.97 bits per heavy atom. The van der Waals surface area contributed by atoms with Crippen molar-refractivity contribution >= 4 is 40.2 Å². The Labute approximate surface area is 193 Å². The molecule has 0 unspecified atom stereocenters. The monoisotopic (exact) mass is 458 g/mol. The molecule has 0 saturated carbocycles. The fourth-order valence-electron chi connectivity index (χ4n) is 4.99. The third kappa shape index (κ3) is 3.79. The molecule has 0 N–H and O–H groups in total. The molecule has 0 radical (unpaired) electrons. The molecule has 5 rings (SSSR count). The Kier molecular flexibility index (Phi) is 5.57. The fraction of sp³-hybridized carbons (Fsp3) is 0.522. The number of halogens is 2. The van der Waals surface area contributed by atoms with E-state index in [2.05, 4.69) is 23.6 Å². The summed E-state index contributed by atoms with van der Waals surface area (Å²) in [5.74, 6) is 1.54. The molecule has 0 amide bonds. The Morgan fingerprint density at radius 1 is 1.16 bits per heavy atom. The number of anilines is 1. The van der Waals surface area contributed by atoms with Crippen LogP contribution in [0.15, 0.2) is 24.4 Å². The van der Waals surface area contributed by atoms with E-state index < -0.39 is 0 Å². The summed E-state index contributed by atoms with van der Waals surface area (Å²) in [5, 5.41) is 6.02. The summed E-state index contributed by atoms with van der Waals surface area (Å²) in [6, 6.07) is 6.20. The second kappa shape index (κ2) is 8.23. The van der Waals surface area contributed by atoms with Crippen LogP contribution >= 0.6 is 23.2 Å². The summed E-state index contributed by atoms with van der Waals surface area (Å²) >= 11 is 12.6. The molecule has 2 aromatic heterocycles. The van der Waals surface area contributed by atoms with Crippen molar-refractivity contribution in [3.8, 4) is 0 Å². The van der Waals surface area contributed by atoms with Gasteiger partial charge in [0, 0.05) is 29.2 Å². The molecular weight excluding hydrogens is 431 g/mol. The Morgan fingerprint density at radius 3 is 2.65 bits per heavy atom. The van der Waals surface area contributed by atoms with E-state index in [4.69, 9.17) is 38.3 Å². The topological polar surface area (TPSA) is 50.1 Å². The van der Waals surface area contributed by atoms with Gasteiger partial charge in [0.25, 0.3) is 0 Å². The molecule has 1 aromatic carbocycles. The maximum atomic E-state index is 6.48. The van der Waals surface area contributed by atoms with Gasteiger partial charge in [-0.2, -0.15) is 5.10 Å². The minimum absolute atomic E-state index is 0.0819. The third-order valence-corrected chi connectivity index (χ3v) is 7.44. The summed E-state index contributed by atoms with van der Waals surface area (Å²) in [7, 11) is 0. The molecule has 164 valence electrons. The molecule has 0 bridgehead atoms. The van der Waals surface area contributed by atoms with Crippen LogP contribution in [0.4, 0.5) is 5.82 Å². The fourth-order valence-corrected chi connectivity index (χ4v) is 5.56. The van der Waals surface area contributed by atoms with Gasteiger partial charge >= 0.3 is 0 Å². The quantitative estimate of drug-likeness (QED) is 0.552. The molecule has 2 aliphatic rings. The average Bonchev–Trinajstić information content (AvgIpc) is 3.04. The van der Waals surface area contributed by atoms with Gasteiger partial charge in [-0.25, -0.2) is 14.6 Å². The summed E-state index contributed by atoms with van der Waals surface area (Å²) in [6.07, 6.45) is 4.42. The lowest BCUT2D eigenvalue weighted by Gasteiger charge is -2.46. The lowest BCUT2D eigenvalue weighted by Crippen LogP contribution is -2.54. The lowest BCUT2D eigenvalue weighted by molar-refractivity contribution is 0.0696. The van der Waals surface area contributed by atoms with E-state index in [0.717, 1.165) is 41.3 Å². The van der Waals surface area contributed by atoms with E-state index in [0.29, 0.717) is 22.0 Å².